The summed E-state index contributed by atoms with van der Waals surface area (Å²) in [6.45, 7) is 3.85. The molecule has 0 bridgehead atoms. The van der Waals surface area contributed by atoms with Crippen molar-refractivity contribution >= 4 is 34.2 Å². The Hall–Kier alpha value is -0.486. The maximum absolute atomic E-state index is 11.2. The Bertz CT molecular complexity index is 568. The van der Waals surface area contributed by atoms with E-state index in [1.807, 2.05) is 32.4 Å². The summed E-state index contributed by atoms with van der Waals surface area (Å²) >= 11 is 10.6. The van der Waals surface area contributed by atoms with Crippen molar-refractivity contribution in [2.45, 2.75) is 25.9 Å². The number of phenols is 1. The number of hydrogen-bond donors (Lipinski definition) is 3. The Morgan fingerprint density at radius 1 is 1.52 bits per heavy atom. The molecule has 2 N–H and O–H groups in total. The number of carbonyl (C=O) groups is 1. The summed E-state index contributed by atoms with van der Waals surface area (Å²) in [7, 11) is 1.77. The van der Waals surface area contributed by atoms with Crippen molar-refractivity contribution in [1.82, 2.24) is 4.90 Å². The van der Waals surface area contributed by atoms with E-state index >= 15 is 0 Å². The maximum atomic E-state index is 11.2. The molecule has 1 aromatic carbocycles. The Kier molecular flexibility index (Phi) is 8.69. The zero-order valence-corrected chi connectivity index (χ0v) is 16.0. The molecule has 2 atom stereocenters. The van der Waals surface area contributed by atoms with E-state index in [1.165, 1.54) is 11.8 Å². The van der Waals surface area contributed by atoms with Crippen LogP contribution in [0.5, 0.6) is 5.75 Å². The van der Waals surface area contributed by atoms with Crippen LogP contribution in [0.4, 0.5) is 0 Å². The fourth-order valence-corrected chi connectivity index (χ4v) is 3.67. The second kappa shape index (κ2) is 9.72. The van der Waals surface area contributed by atoms with Crippen molar-refractivity contribution in [2.24, 2.45) is 0 Å². The molecule has 1 rings (SSSR count). The molecular formula is C16H22NNiO3S2-. The molecule has 7 heteroatoms. The van der Waals surface area contributed by atoms with E-state index < -0.39 is 12.0 Å². The summed E-state index contributed by atoms with van der Waals surface area (Å²) in [6.07, 6.45) is 2.01. The third-order valence-corrected chi connectivity index (χ3v) is 5.43. The van der Waals surface area contributed by atoms with Crippen LogP contribution in [0.15, 0.2) is 18.2 Å². The summed E-state index contributed by atoms with van der Waals surface area (Å²) < 4.78 is 0.664. The van der Waals surface area contributed by atoms with Gasteiger partial charge in [-0.15, -0.1) is 0 Å². The molecule has 1 aromatic rings. The normalized spacial score (nSPS) is 13.9. The molecule has 0 radical (unpaired) electrons. The molecule has 0 amide bonds. The van der Waals surface area contributed by atoms with Gasteiger partial charge in [-0.25, -0.2) is 0 Å². The van der Waals surface area contributed by atoms with E-state index in [9.17, 15) is 9.90 Å². The number of benzene rings is 1. The average molecular weight is 399 g/mol. The zero-order valence-electron chi connectivity index (χ0n) is 13.3. The Labute approximate surface area is 155 Å². The van der Waals surface area contributed by atoms with Crippen LogP contribution in [-0.4, -0.2) is 55.5 Å². The van der Waals surface area contributed by atoms with Crippen molar-refractivity contribution in [3.63, 3.8) is 0 Å². The minimum atomic E-state index is -0.877. The van der Waals surface area contributed by atoms with Gasteiger partial charge in [-0.3, -0.25) is 0 Å². The van der Waals surface area contributed by atoms with Gasteiger partial charge in [0, 0.05) is 0 Å². The van der Waals surface area contributed by atoms with E-state index in [1.54, 1.807) is 18.0 Å². The fourth-order valence-electron chi connectivity index (χ4n) is 1.96. The van der Waals surface area contributed by atoms with Crippen molar-refractivity contribution in [3.8, 4) is 5.75 Å². The topological polar surface area (TPSA) is 60.8 Å². The van der Waals surface area contributed by atoms with Gasteiger partial charge >= 0.3 is 155 Å². The van der Waals surface area contributed by atoms with Gasteiger partial charge in [0.2, 0.25) is 0 Å². The summed E-state index contributed by atoms with van der Waals surface area (Å²) in [5, 5.41) is 19.1. The van der Waals surface area contributed by atoms with Gasteiger partial charge < -0.3 is 0 Å². The molecule has 0 aliphatic rings. The monoisotopic (exact) mass is 398 g/mol. The van der Waals surface area contributed by atoms with Gasteiger partial charge in [-0.1, -0.05) is 0 Å². The van der Waals surface area contributed by atoms with Crippen LogP contribution < -0.4 is 0 Å². The van der Waals surface area contributed by atoms with Crippen molar-refractivity contribution in [2.75, 3.05) is 18.6 Å². The van der Waals surface area contributed by atoms with Gasteiger partial charge in [-0.2, -0.15) is 0 Å². The third-order valence-electron chi connectivity index (χ3n) is 3.58. The summed E-state index contributed by atoms with van der Waals surface area (Å²) in [6, 6.07) is 4.80. The number of nitrogens with zero attached hydrogens (tertiary/aromatic N) is 1. The second-order valence-electron chi connectivity index (χ2n) is 5.26. The first-order chi connectivity index (χ1) is 10.8. The van der Waals surface area contributed by atoms with Crippen LogP contribution in [0, 0.1) is 13.3 Å². The molecule has 0 aliphatic carbocycles. The van der Waals surface area contributed by atoms with E-state index in [2.05, 4.69) is 12.6 Å². The standard InChI is InChI=1S/C16H22NO3S2.Ni/c1-11-4-5-13(15(18)8-11)10-22-7-6-12(2)17(3)14(9-21)16(19)20;/h4-6,8,12,14,18,21H,7,9H2,1-3H3,(H,19,20);/q-1;/t12-,14-;/m1./s1. The first kappa shape index (κ1) is 20.6. The van der Waals surface area contributed by atoms with Crippen LogP contribution >= 0.6 is 24.4 Å². The molecule has 0 fully saturated rings. The number of carboxylic acid groups (broad SMARTS) is 1. The molecule has 0 saturated carbocycles. The Balaban J connectivity index is 2.52. The van der Waals surface area contributed by atoms with E-state index in [4.69, 9.17) is 20.1 Å². The predicted molar refractivity (Wildman–Crippen MR) is 96.2 cm³/mol. The molecule has 4 nitrogen and oxygen atoms in total. The van der Waals surface area contributed by atoms with Crippen LogP contribution in [0.1, 0.15) is 18.1 Å². The molecule has 0 spiro atoms. The van der Waals surface area contributed by atoms with Gasteiger partial charge in [0.25, 0.3) is 0 Å². The van der Waals surface area contributed by atoms with Gasteiger partial charge in [-0.05, 0) is 0 Å². The molecular weight excluding hydrogens is 377 g/mol. The van der Waals surface area contributed by atoms with Crippen LogP contribution in [0.2, 0.25) is 0 Å². The fraction of sp³-hybridized carbons (Fsp3) is 0.438. The van der Waals surface area contributed by atoms with Gasteiger partial charge in [0.1, 0.15) is 0 Å². The Morgan fingerprint density at radius 3 is 2.70 bits per heavy atom. The SMILES string of the molecule is Cc1ccc([C](=[Ni])SC[CH-][C@@H](C)N(C)[C@H](CS)C(=O)O)c(O)c1. The number of aliphatic carboxylic acids is 1. The van der Waals surface area contributed by atoms with Crippen molar-refractivity contribution in [1.29, 1.82) is 0 Å². The number of thioether (sulfide) groups is 1. The van der Waals surface area contributed by atoms with Gasteiger partial charge in [0.05, 0.1) is 0 Å². The summed E-state index contributed by atoms with van der Waals surface area (Å²) in [5.74, 6) is 0.227. The van der Waals surface area contributed by atoms with E-state index in [-0.39, 0.29) is 17.5 Å². The van der Waals surface area contributed by atoms with Crippen LogP contribution in [0.3, 0.4) is 0 Å². The van der Waals surface area contributed by atoms with E-state index in [0.29, 0.717) is 15.1 Å². The first-order valence-electron chi connectivity index (χ1n) is 7.09. The third kappa shape index (κ3) is 6.14. The number of likely N-dealkylation sites (N-methyl/N-ethyl adjacent to an activating group) is 1. The Morgan fingerprint density at radius 2 is 2.17 bits per heavy atom. The zero-order chi connectivity index (χ0) is 17.6. The molecule has 0 saturated heterocycles. The molecule has 0 heterocycles. The van der Waals surface area contributed by atoms with Crippen LogP contribution in [0.25, 0.3) is 0 Å². The van der Waals surface area contributed by atoms with Crippen molar-refractivity contribution in [3.05, 3.63) is 35.7 Å². The minimum absolute atomic E-state index is 0.0184. The number of thiol groups is 1. The summed E-state index contributed by atoms with van der Waals surface area (Å²) in [5.41, 5.74) is 1.66. The number of carboxylic acids is 1. The number of aryl methyl sites for hydroxylation is 1. The first-order valence-corrected chi connectivity index (χ1v) is 9.20. The molecule has 132 valence electrons. The predicted octanol–water partition coefficient (Wildman–Crippen LogP) is 2.37. The number of phenolic OH excluding ortho intramolecular Hbond substituents is 1. The number of rotatable bonds is 9. The second-order valence-corrected chi connectivity index (χ2v) is 7.43. The van der Waals surface area contributed by atoms with E-state index in [0.717, 1.165) is 5.56 Å². The molecule has 0 aromatic heterocycles. The number of aromatic hydroxyl groups is 1. The van der Waals surface area contributed by atoms with Crippen LogP contribution in [-0.2, 0) is 19.8 Å². The van der Waals surface area contributed by atoms with Gasteiger partial charge in [0.15, 0.2) is 0 Å². The average Bonchev–Trinajstić information content (AvgIpc) is 2.46. The molecule has 0 aliphatic heterocycles. The molecule has 0 unspecified atom stereocenters. The molecule has 23 heavy (non-hydrogen) atoms. The van der Waals surface area contributed by atoms with Crippen molar-refractivity contribution < 1.29 is 30.0 Å². The summed E-state index contributed by atoms with van der Waals surface area (Å²) in [4.78, 5) is 12.9. The quantitative estimate of drug-likeness (QED) is 0.338. The number of hydrogen-bond acceptors (Lipinski definition) is 5.